The van der Waals surface area contributed by atoms with Crippen LogP contribution >= 0.6 is 0 Å². The van der Waals surface area contributed by atoms with Gasteiger partial charge in [0.25, 0.3) is 0 Å². The van der Waals surface area contributed by atoms with Crippen LogP contribution in [0.15, 0.2) is 106 Å². The van der Waals surface area contributed by atoms with Crippen molar-refractivity contribution in [3.63, 3.8) is 0 Å². The molecule has 0 unspecified atom stereocenters. The van der Waals surface area contributed by atoms with Crippen LogP contribution in [0.5, 0.6) is 0 Å². The maximum absolute atomic E-state index is 13.3. The molecule has 0 spiro atoms. The Kier molecular flexibility index (Phi) is 5.08. The van der Waals surface area contributed by atoms with Crippen LogP contribution in [0.2, 0.25) is 0 Å². The van der Waals surface area contributed by atoms with Crippen LogP contribution in [-0.4, -0.2) is 0 Å². The summed E-state index contributed by atoms with van der Waals surface area (Å²) in [5, 5.41) is 4.89. The standard InChI is InChI=1S/C29H23NO2/c1-19-11-9-17-24(20(19)2)30-25-18-10-16-23-26(21-12-5-3-6-13-21)28(32-29(31)27(23)25)22-14-7-4-8-15-22/h3-18,30H,1-2H3. The highest BCUT2D eigenvalue weighted by Gasteiger charge is 2.19. The Balaban J connectivity index is 1.81. The molecule has 5 aromatic rings. The molecule has 0 radical (unpaired) electrons. The summed E-state index contributed by atoms with van der Waals surface area (Å²) in [6.45, 7) is 4.16. The van der Waals surface area contributed by atoms with Crippen LogP contribution in [0.25, 0.3) is 33.2 Å². The molecule has 0 amide bonds. The maximum atomic E-state index is 13.3. The average Bonchev–Trinajstić information content (AvgIpc) is 2.83. The van der Waals surface area contributed by atoms with Crippen molar-refractivity contribution in [3.05, 3.63) is 119 Å². The predicted molar refractivity (Wildman–Crippen MR) is 133 cm³/mol. The zero-order valence-corrected chi connectivity index (χ0v) is 18.1. The van der Waals surface area contributed by atoms with E-state index in [1.807, 2.05) is 91.0 Å². The molecule has 1 aromatic heterocycles. The first-order chi connectivity index (χ1) is 15.6. The molecule has 3 nitrogen and oxygen atoms in total. The lowest BCUT2D eigenvalue weighted by Crippen LogP contribution is -2.06. The van der Waals surface area contributed by atoms with Crippen LogP contribution in [0.1, 0.15) is 11.1 Å². The zero-order valence-electron chi connectivity index (χ0n) is 18.1. The molecule has 4 aromatic carbocycles. The van der Waals surface area contributed by atoms with Gasteiger partial charge >= 0.3 is 5.63 Å². The first-order valence-corrected chi connectivity index (χ1v) is 10.7. The molecule has 0 saturated heterocycles. The molecule has 0 aliphatic rings. The Labute approximate surface area is 187 Å². The number of hydrogen-bond donors (Lipinski definition) is 1. The van der Waals surface area contributed by atoms with E-state index in [1.165, 1.54) is 5.56 Å². The fraction of sp³-hybridized carbons (Fsp3) is 0.0690. The van der Waals surface area contributed by atoms with Gasteiger partial charge in [0, 0.05) is 22.2 Å². The van der Waals surface area contributed by atoms with Crippen molar-refractivity contribution in [1.29, 1.82) is 0 Å². The molecule has 5 rings (SSSR count). The van der Waals surface area contributed by atoms with Crippen LogP contribution in [0.4, 0.5) is 11.4 Å². The molecule has 0 atom stereocenters. The molecular weight excluding hydrogens is 394 g/mol. The molecule has 156 valence electrons. The second-order valence-electron chi connectivity index (χ2n) is 7.93. The predicted octanol–water partition coefficient (Wildman–Crippen LogP) is 7.49. The van der Waals surface area contributed by atoms with Crippen LogP contribution in [0, 0.1) is 13.8 Å². The number of aryl methyl sites for hydroxylation is 1. The van der Waals surface area contributed by atoms with Gasteiger partial charge in [-0.15, -0.1) is 0 Å². The van der Waals surface area contributed by atoms with Crippen molar-refractivity contribution in [3.8, 4) is 22.5 Å². The van der Waals surface area contributed by atoms with E-state index in [2.05, 4.69) is 25.2 Å². The third kappa shape index (κ3) is 3.48. The Morgan fingerprint density at radius 3 is 2.00 bits per heavy atom. The van der Waals surface area contributed by atoms with Crippen LogP contribution < -0.4 is 10.9 Å². The lowest BCUT2D eigenvalue weighted by atomic mass is 9.95. The van der Waals surface area contributed by atoms with Gasteiger partial charge < -0.3 is 9.73 Å². The summed E-state index contributed by atoms with van der Waals surface area (Å²) >= 11 is 0. The molecule has 0 aliphatic heterocycles. The van der Waals surface area contributed by atoms with Gasteiger partial charge in [-0.25, -0.2) is 4.79 Å². The first-order valence-electron chi connectivity index (χ1n) is 10.7. The third-order valence-electron chi connectivity index (χ3n) is 5.93. The van der Waals surface area contributed by atoms with Gasteiger partial charge in [0.15, 0.2) is 0 Å². The van der Waals surface area contributed by atoms with Gasteiger partial charge in [-0.05, 0) is 42.7 Å². The summed E-state index contributed by atoms with van der Waals surface area (Å²) in [7, 11) is 0. The highest BCUT2D eigenvalue weighted by atomic mass is 16.4. The van der Waals surface area contributed by atoms with Gasteiger partial charge in [-0.2, -0.15) is 0 Å². The summed E-state index contributed by atoms with van der Waals surface area (Å²) in [6, 6.07) is 31.9. The second kappa shape index (κ2) is 8.20. The first kappa shape index (κ1) is 19.8. The van der Waals surface area contributed by atoms with Crippen molar-refractivity contribution < 1.29 is 4.42 Å². The molecule has 0 fully saturated rings. The fourth-order valence-electron chi connectivity index (χ4n) is 4.12. The smallest absolute Gasteiger partial charge is 0.346 e. The van der Waals surface area contributed by atoms with Gasteiger partial charge in [0.2, 0.25) is 0 Å². The molecule has 0 aliphatic carbocycles. The van der Waals surface area contributed by atoms with E-state index in [-0.39, 0.29) is 5.63 Å². The van der Waals surface area contributed by atoms with E-state index < -0.39 is 0 Å². The summed E-state index contributed by atoms with van der Waals surface area (Å²) < 4.78 is 6.00. The Bertz CT molecular complexity index is 1470. The van der Waals surface area contributed by atoms with Crippen molar-refractivity contribution in [2.24, 2.45) is 0 Å². The Morgan fingerprint density at radius 2 is 1.28 bits per heavy atom. The molecule has 1 heterocycles. The molecular formula is C29H23NO2. The third-order valence-corrected chi connectivity index (χ3v) is 5.93. The number of anilines is 2. The average molecular weight is 418 g/mol. The highest BCUT2D eigenvalue weighted by Crippen LogP contribution is 2.39. The van der Waals surface area contributed by atoms with Crippen molar-refractivity contribution in [1.82, 2.24) is 0 Å². The van der Waals surface area contributed by atoms with Gasteiger partial charge in [0.05, 0.1) is 11.1 Å². The monoisotopic (exact) mass is 417 g/mol. The lowest BCUT2D eigenvalue weighted by Gasteiger charge is -2.16. The van der Waals surface area contributed by atoms with E-state index in [0.29, 0.717) is 11.1 Å². The summed E-state index contributed by atoms with van der Waals surface area (Å²) in [6.07, 6.45) is 0. The van der Waals surface area contributed by atoms with Gasteiger partial charge in [-0.1, -0.05) is 84.9 Å². The molecule has 1 N–H and O–H groups in total. The number of fused-ring (bicyclic) bond motifs is 1. The van der Waals surface area contributed by atoms with E-state index in [0.717, 1.165) is 39.0 Å². The summed E-state index contributed by atoms with van der Waals surface area (Å²) in [5.41, 5.74) is 6.49. The zero-order chi connectivity index (χ0) is 22.1. The molecule has 0 bridgehead atoms. The topological polar surface area (TPSA) is 42.2 Å². The van der Waals surface area contributed by atoms with E-state index >= 15 is 0 Å². The fourth-order valence-corrected chi connectivity index (χ4v) is 4.12. The molecule has 3 heteroatoms. The van der Waals surface area contributed by atoms with E-state index in [9.17, 15) is 4.79 Å². The lowest BCUT2D eigenvalue weighted by molar-refractivity contribution is 0.536. The summed E-state index contributed by atoms with van der Waals surface area (Å²) in [4.78, 5) is 13.3. The minimum atomic E-state index is -0.355. The van der Waals surface area contributed by atoms with E-state index in [4.69, 9.17) is 4.42 Å². The van der Waals surface area contributed by atoms with E-state index in [1.54, 1.807) is 0 Å². The number of nitrogens with one attached hydrogen (secondary N) is 1. The summed E-state index contributed by atoms with van der Waals surface area (Å²) in [5.74, 6) is 0.582. The molecule has 32 heavy (non-hydrogen) atoms. The normalized spacial score (nSPS) is 10.9. The van der Waals surface area contributed by atoms with Crippen molar-refractivity contribution in [2.75, 3.05) is 5.32 Å². The number of rotatable bonds is 4. The number of hydrogen-bond acceptors (Lipinski definition) is 3. The van der Waals surface area contributed by atoms with Crippen LogP contribution in [-0.2, 0) is 0 Å². The van der Waals surface area contributed by atoms with Gasteiger partial charge in [-0.3, -0.25) is 0 Å². The molecule has 0 saturated carbocycles. The largest absolute Gasteiger partial charge is 0.422 e. The minimum Gasteiger partial charge on any atom is -0.422 e. The van der Waals surface area contributed by atoms with Crippen molar-refractivity contribution >= 4 is 22.1 Å². The van der Waals surface area contributed by atoms with Crippen molar-refractivity contribution in [2.45, 2.75) is 13.8 Å². The minimum absolute atomic E-state index is 0.355. The quantitative estimate of drug-likeness (QED) is 0.329. The maximum Gasteiger partial charge on any atom is 0.346 e. The Hall–Kier alpha value is -4.11. The SMILES string of the molecule is Cc1cccc(Nc2cccc3c(-c4ccccc4)c(-c4ccccc4)oc(=O)c23)c1C. The number of benzene rings is 4. The second-order valence-corrected chi connectivity index (χ2v) is 7.93. The highest BCUT2D eigenvalue weighted by molar-refractivity contribution is 6.06. The van der Waals surface area contributed by atoms with Crippen LogP contribution in [0.3, 0.4) is 0 Å². The Morgan fingerprint density at radius 1 is 0.656 bits per heavy atom. The van der Waals surface area contributed by atoms with Gasteiger partial charge in [0.1, 0.15) is 5.76 Å².